The molecular formula is C16H22ClN. The van der Waals surface area contributed by atoms with Gasteiger partial charge in [0.25, 0.3) is 0 Å². The normalized spacial score (nSPS) is 28.3. The maximum atomic E-state index is 6.01. The summed E-state index contributed by atoms with van der Waals surface area (Å²) in [6.45, 7) is 0.961. The first-order valence-corrected chi connectivity index (χ1v) is 7.67. The van der Waals surface area contributed by atoms with Gasteiger partial charge in [-0.25, -0.2) is 0 Å². The quantitative estimate of drug-likeness (QED) is 0.849. The van der Waals surface area contributed by atoms with E-state index in [9.17, 15) is 0 Å². The van der Waals surface area contributed by atoms with Gasteiger partial charge in [0.2, 0.25) is 0 Å². The number of halogens is 1. The highest BCUT2D eigenvalue weighted by Crippen LogP contribution is 2.43. The molecule has 0 aromatic heterocycles. The van der Waals surface area contributed by atoms with Gasteiger partial charge in [0.15, 0.2) is 0 Å². The van der Waals surface area contributed by atoms with E-state index in [4.69, 9.17) is 11.6 Å². The Hall–Kier alpha value is -0.530. The molecule has 2 fully saturated rings. The Labute approximate surface area is 115 Å². The molecule has 1 aromatic rings. The first-order valence-electron chi connectivity index (χ1n) is 7.29. The molecule has 0 spiro atoms. The third-order valence-corrected chi connectivity index (χ3v) is 4.72. The van der Waals surface area contributed by atoms with Crippen LogP contribution in [0.3, 0.4) is 0 Å². The Balaban J connectivity index is 1.50. The lowest BCUT2D eigenvalue weighted by Gasteiger charge is -2.30. The predicted molar refractivity (Wildman–Crippen MR) is 76.8 cm³/mol. The molecule has 98 valence electrons. The van der Waals surface area contributed by atoms with E-state index in [1.807, 2.05) is 12.1 Å². The average molecular weight is 264 g/mol. The van der Waals surface area contributed by atoms with Gasteiger partial charge in [-0.05, 0) is 55.2 Å². The maximum Gasteiger partial charge on any atom is 0.0409 e. The standard InChI is InChI=1S/C16H22ClN/c17-15-5-1-3-12(9-15)11-18-16-6-2-4-14(10-16)13-7-8-13/h1,3,5,9,13-14,16,18H,2,4,6-8,10-11H2. The topological polar surface area (TPSA) is 12.0 Å². The molecule has 2 unspecified atom stereocenters. The van der Waals surface area contributed by atoms with Crippen molar-refractivity contribution in [1.82, 2.24) is 5.32 Å². The molecule has 0 saturated heterocycles. The van der Waals surface area contributed by atoms with Crippen molar-refractivity contribution in [2.45, 2.75) is 51.1 Å². The van der Waals surface area contributed by atoms with Crippen LogP contribution < -0.4 is 5.32 Å². The highest BCUT2D eigenvalue weighted by molar-refractivity contribution is 6.30. The van der Waals surface area contributed by atoms with Crippen LogP contribution in [0.2, 0.25) is 5.02 Å². The molecule has 0 amide bonds. The van der Waals surface area contributed by atoms with Crippen molar-refractivity contribution >= 4 is 11.6 Å². The third kappa shape index (κ3) is 3.27. The summed E-state index contributed by atoms with van der Waals surface area (Å²) in [7, 11) is 0. The van der Waals surface area contributed by atoms with Gasteiger partial charge < -0.3 is 5.32 Å². The SMILES string of the molecule is Clc1cccc(CNC2CCCC(C3CC3)C2)c1. The Morgan fingerprint density at radius 2 is 2.00 bits per heavy atom. The highest BCUT2D eigenvalue weighted by atomic mass is 35.5. The summed E-state index contributed by atoms with van der Waals surface area (Å²) in [5, 5.41) is 4.56. The van der Waals surface area contributed by atoms with Gasteiger partial charge >= 0.3 is 0 Å². The summed E-state index contributed by atoms with van der Waals surface area (Å²) in [4.78, 5) is 0. The van der Waals surface area contributed by atoms with Crippen LogP contribution in [0, 0.1) is 11.8 Å². The van der Waals surface area contributed by atoms with E-state index in [0.717, 1.165) is 29.4 Å². The lowest BCUT2D eigenvalue weighted by molar-refractivity contribution is 0.260. The van der Waals surface area contributed by atoms with Gasteiger partial charge in [0.05, 0.1) is 0 Å². The van der Waals surface area contributed by atoms with Gasteiger partial charge in [-0.15, -0.1) is 0 Å². The van der Waals surface area contributed by atoms with Crippen LogP contribution in [0.4, 0.5) is 0 Å². The zero-order chi connectivity index (χ0) is 12.4. The van der Waals surface area contributed by atoms with Crippen molar-refractivity contribution in [2.75, 3.05) is 0 Å². The fourth-order valence-corrected chi connectivity index (χ4v) is 3.53. The summed E-state index contributed by atoms with van der Waals surface area (Å²) in [5.41, 5.74) is 1.30. The van der Waals surface area contributed by atoms with Crippen LogP contribution in [0.1, 0.15) is 44.1 Å². The minimum absolute atomic E-state index is 0.725. The number of hydrogen-bond acceptors (Lipinski definition) is 1. The second-order valence-corrected chi connectivity index (χ2v) is 6.41. The lowest BCUT2D eigenvalue weighted by atomic mass is 9.82. The van der Waals surface area contributed by atoms with Crippen molar-refractivity contribution in [1.29, 1.82) is 0 Å². The molecule has 1 N–H and O–H groups in total. The van der Waals surface area contributed by atoms with Gasteiger partial charge in [0, 0.05) is 17.6 Å². The Morgan fingerprint density at radius 3 is 2.78 bits per heavy atom. The first-order chi connectivity index (χ1) is 8.81. The summed E-state index contributed by atoms with van der Waals surface area (Å²) in [6, 6.07) is 8.92. The van der Waals surface area contributed by atoms with E-state index < -0.39 is 0 Å². The number of hydrogen-bond donors (Lipinski definition) is 1. The van der Waals surface area contributed by atoms with Crippen molar-refractivity contribution in [2.24, 2.45) is 11.8 Å². The highest BCUT2D eigenvalue weighted by Gasteiger charge is 2.34. The third-order valence-electron chi connectivity index (χ3n) is 4.49. The van der Waals surface area contributed by atoms with Gasteiger partial charge in [0.1, 0.15) is 0 Å². The molecule has 2 heteroatoms. The molecule has 18 heavy (non-hydrogen) atoms. The molecule has 1 nitrogen and oxygen atoms in total. The van der Waals surface area contributed by atoms with E-state index in [1.54, 1.807) is 0 Å². The van der Waals surface area contributed by atoms with Crippen LogP contribution in [-0.2, 0) is 6.54 Å². The van der Waals surface area contributed by atoms with E-state index in [1.165, 1.54) is 44.1 Å². The molecule has 3 rings (SSSR count). The molecule has 2 aliphatic rings. The van der Waals surface area contributed by atoms with E-state index in [-0.39, 0.29) is 0 Å². The fourth-order valence-electron chi connectivity index (χ4n) is 3.32. The summed E-state index contributed by atoms with van der Waals surface area (Å²) in [6.07, 6.45) is 8.61. The van der Waals surface area contributed by atoms with Crippen molar-refractivity contribution in [3.8, 4) is 0 Å². The minimum Gasteiger partial charge on any atom is -0.310 e. The second-order valence-electron chi connectivity index (χ2n) is 5.97. The Kier molecular flexibility index (Phi) is 3.91. The van der Waals surface area contributed by atoms with Gasteiger partial charge in [-0.2, -0.15) is 0 Å². The first kappa shape index (κ1) is 12.5. The molecule has 2 atom stereocenters. The van der Waals surface area contributed by atoms with Gasteiger partial charge in [-0.3, -0.25) is 0 Å². The molecule has 0 heterocycles. The van der Waals surface area contributed by atoms with E-state index >= 15 is 0 Å². The molecular weight excluding hydrogens is 242 g/mol. The average Bonchev–Trinajstić information content (AvgIpc) is 3.21. The molecule has 0 bridgehead atoms. The lowest BCUT2D eigenvalue weighted by Crippen LogP contribution is -2.34. The van der Waals surface area contributed by atoms with E-state index in [2.05, 4.69) is 17.4 Å². The summed E-state index contributed by atoms with van der Waals surface area (Å²) in [5.74, 6) is 2.08. The molecule has 1 aromatic carbocycles. The smallest absolute Gasteiger partial charge is 0.0409 e. The van der Waals surface area contributed by atoms with Crippen LogP contribution >= 0.6 is 11.6 Å². The summed E-state index contributed by atoms with van der Waals surface area (Å²) < 4.78 is 0. The molecule has 2 aliphatic carbocycles. The largest absolute Gasteiger partial charge is 0.310 e. The number of benzene rings is 1. The van der Waals surface area contributed by atoms with Crippen molar-refractivity contribution < 1.29 is 0 Å². The van der Waals surface area contributed by atoms with Crippen LogP contribution in [-0.4, -0.2) is 6.04 Å². The van der Waals surface area contributed by atoms with Crippen LogP contribution in [0.25, 0.3) is 0 Å². The maximum absolute atomic E-state index is 6.01. The van der Waals surface area contributed by atoms with Crippen molar-refractivity contribution in [3.63, 3.8) is 0 Å². The van der Waals surface area contributed by atoms with Crippen LogP contribution in [0.15, 0.2) is 24.3 Å². The van der Waals surface area contributed by atoms with E-state index in [0.29, 0.717) is 0 Å². The van der Waals surface area contributed by atoms with Crippen molar-refractivity contribution in [3.05, 3.63) is 34.9 Å². The summed E-state index contributed by atoms with van der Waals surface area (Å²) >= 11 is 6.01. The fraction of sp³-hybridized carbons (Fsp3) is 0.625. The monoisotopic (exact) mass is 263 g/mol. The number of nitrogens with one attached hydrogen (secondary N) is 1. The zero-order valence-corrected chi connectivity index (χ0v) is 11.6. The second kappa shape index (κ2) is 5.63. The zero-order valence-electron chi connectivity index (χ0n) is 10.9. The Bertz CT molecular complexity index is 400. The molecule has 2 saturated carbocycles. The predicted octanol–water partition coefficient (Wildman–Crippen LogP) is 4.40. The molecule has 0 aliphatic heterocycles. The Morgan fingerprint density at radius 1 is 1.11 bits per heavy atom. The minimum atomic E-state index is 0.725. The molecule has 0 radical (unpaired) electrons. The van der Waals surface area contributed by atoms with Crippen LogP contribution in [0.5, 0.6) is 0 Å². The van der Waals surface area contributed by atoms with Gasteiger partial charge in [-0.1, -0.05) is 36.6 Å². The number of rotatable bonds is 4.